The third-order valence-corrected chi connectivity index (χ3v) is 3.92. The van der Waals surface area contributed by atoms with E-state index in [4.69, 9.17) is 5.73 Å². The highest BCUT2D eigenvalue weighted by Crippen LogP contribution is 2.11. The van der Waals surface area contributed by atoms with Gasteiger partial charge in [-0.25, -0.2) is 0 Å². The molecule has 0 unspecified atom stereocenters. The highest BCUT2D eigenvalue weighted by Gasteiger charge is 2.19. The monoisotopic (exact) mass is 299 g/mol. The molecule has 2 aliphatic heterocycles. The van der Waals surface area contributed by atoms with E-state index in [1.807, 2.05) is 0 Å². The van der Waals surface area contributed by atoms with Crippen molar-refractivity contribution in [3.8, 4) is 0 Å². The van der Waals surface area contributed by atoms with Crippen LogP contribution >= 0.6 is 24.8 Å². The average Bonchev–Trinajstić information content (AvgIpc) is 2.30. The molecule has 0 aliphatic carbocycles. The van der Waals surface area contributed by atoms with Crippen LogP contribution in [0.1, 0.15) is 25.7 Å². The molecular formula is C12H27Cl2N3O. The highest BCUT2D eigenvalue weighted by atomic mass is 35.5. The SMILES string of the molecule is Cl.Cl.NC1CCN(CCN2CCC(O)CC2)CC1. The Labute approximate surface area is 123 Å². The number of halogens is 2. The molecule has 6 heteroatoms. The lowest BCUT2D eigenvalue weighted by Gasteiger charge is -2.34. The first kappa shape index (κ1) is 18.4. The van der Waals surface area contributed by atoms with Gasteiger partial charge in [-0.05, 0) is 38.8 Å². The molecule has 2 aliphatic rings. The number of hydrogen-bond acceptors (Lipinski definition) is 4. The highest BCUT2D eigenvalue weighted by molar-refractivity contribution is 5.85. The summed E-state index contributed by atoms with van der Waals surface area (Å²) in [7, 11) is 0. The molecule has 0 spiro atoms. The van der Waals surface area contributed by atoms with Crippen molar-refractivity contribution in [1.82, 2.24) is 9.80 Å². The molecule has 0 atom stereocenters. The van der Waals surface area contributed by atoms with Crippen molar-refractivity contribution < 1.29 is 5.11 Å². The molecule has 0 bridgehead atoms. The number of likely N-dealkylation sites (tertiary alicyclic amines) is 2. The minimum Gasteiger partial charge on any atom is -0.393 e. The summed E-state index contributed by atoms with van der Waals surface area (Å²) in [6.45, 7) is 6.78. The zero-order chi connectivity index (χ0) is 11.4. The lowest BCUT2D eigenvalue weighted by atomic mass is 10.1. The van der Waals surface area contributed by atoms with Gasteiger partial charge in [0, 0.05) is 32.2 Å². The molecule has 2 saturated heterocycles. The lowest BCUT2D eigenvalue weighted by Crippen LogP contribution is -2.45. The predicted molar refractivity (Wildman–Crippen MR) is 79.8 cm³/mol. The Hall–Kier alpha value is 0.420. The fourth-order valence-electron chi connectivity index (χ4n) is 2.60. The molecule has 0 saturated carbocycles. The normalized spacial score (nSPS) is 24.3. The van der Waals surface area contributed by atoms with Crippen LogP contribution in [-0.2, 0) is 0 Å². The second-order valence-corrected chi connectivity index (χ2v) is 5.25. The van der Waals surface area contributed by atoms with E-state index in [0.29, 0.717) is 6.04 Å². The Morgan fingerprint density at radius 3 is 1.67 bits per heavy atom. The van der Waals surface area contributed by atoms with Gasteiger partial charge in [0.15, 0.2) is 0 Å². The van der Waals surface area contributed by atoms with Gasteiger partial charge in [-0.15, -0.1) is 24.8 Å². The molecule has 0 radical (unpaired) electrons. The fourth-order valence-corrected chi connectivity index (χ4v) is 2.60. The number of aliphatic hydroxyl groups excluding tert-OH is 1. The van der Waals surface area contributed by atoms with Gasteiger partial charge in [0.1, 0.15) is 0 Å². The first-order valence-electron chi connectivity index (χ1n) is 6.62. The van der Waals surface area contributed by atoms with Crippen LogP contribution in [0.4, 0.5) is 0 Å². The van der Waals surface area contributed by atoms with E-state index in [2.05, 4.69) is 9.80 Å². The second kappa shape index (κ2) is 9.34. The maximum absolute atomic E-state index is 9.42. The van der Waals surface area contributed by atoms with Gasteiger partial charge < -0.3 is 20.6 Å². The van der Waals surface area contributed by atoms with Gasteiger partial charge in [-0.3, -0.25) is 0 Å². The van der Waals surface area contributed by atoms with E-state index in [9.17, 15) is 5.11 Å². The number of nitrogens with zero attached hydrogens (tertiary/aromatic N) is 2. The first-order valence-corrected chi connectivity index (χ1v) is 6.62. The Morgan fingerprint density at radius 1 is 0.833 bits per heavy atom. The molecule has 2 rings (SSSR count). The fraction of sp³-hybridized carbons (Fsp3) is 1.00. The molecule has 0 amide bonds. The second-order valence-electron chi connectivity index (χ2n) is 5.25. The number of hydrogen-bond donors (Lipinski definition) is 2. The van der Waals surface area contributed by atoms with Crippen LogP contribution in [0.2, 0.25) is 0 Å². The van der Waals surface area contributed by atoms with Gasteiger partial charge in [0.25, 0.3) is 0 Å². The standard InChI is InChI=1S/C12H25N3O.2ClH/c13-11-1-5-14(6-2-11)9-10-15-7-3-12(16)4-8-15;;/h11-12,16H,1-10,13H2;2*1H. The quantitative estimate of drug-likeness (QED) is 0.806. The number of rotatable bonds is 3. The summed E-state index contributed by atoms with van der Waals surface area (Å²) in [4.78, 5) is 5.00. The van der Waals surface area contributed by atoms with Crippen LogP contribution < -0.4 is 5.73 Å². The molecule has 0 aromatic heterocycles. The van der Waals surface area contributed by atoms with Gasteiger partial charge in [-0.1, -0.05) is 0 Å². The summed E-state index contributed by atoms with van der Waals surface area (Å²) < 4.78 is 0. The van der Waals surface area contributed by atoms with Crippen molar-refractivity contribution in [1.29, 1.82) is 0 Å². The average molecular weight is 300 g/mol. The maximum atomic E-state index is 9.42. The van der Waals surface area contributed by atoms with Gasteiger partial charge >= 0.3 is 0 Å². The molecule has 4 nitrogen and oxygen atoms in total. The molecule has 2 fully saturated rings. The van der Waals surface area contributed by atoms with E-state index < -0.39 is 0 Å². The zero-order valence-electron chi connectivity index (χ0n) is 11.0. The van der Waals surface area contributed by atoms with Crippen LogP contribution in [0.25, 0.3) is 0 Å². The summed E-state index contributed by atoms with van der Waals surface area (Å²) in [5, 5.41) is 9.42. The van der Waals surface area contributed by atoms with Crippen molar-refractivity contribution in [2.75, 3.05) is 39.3 Å². The van der Waals surface area contributed by atoms with Crippen LogP contribution in [0.5, 0.6) is 0 Å². The molecule has 0 aromatic carbocycles. The molecule has 0 aromatic rings. The van der Waals surface area contributed by atoms with Gasteiger partial charge in [0.2, 0.25) is 0 Å². The first-order chi connectivity index (χ1) is 7.74. The van der Waals surface area contributed by atoms with E-state index in [1.165, 1.54) is 6.54 Å². The molecule has 110 valence electrons. The lowest BCUT2D eigenvalue weighted by molar-refractivity contribution is 0.0745. The summed E-state index contributed by atoms with van der Waals surface area (Å²) in [5.41, 5.74) is 5.89. The van der Waals surface area contributed by atoms with Crippen LogP contribution in [0.3, 0.4) is 0 Å². The Morgan fingerprint density at radius 2 is 1.22 bits per heavy atom. The van der Waals surface area contributed by atoms with E-state index in [-0.39, 0.29) is 30.9 Å². The smallest absolute Gasteiger partial charge is 0.0564 e. The number of piperidine rings is 2. The molecule has 3 N–H and O–H groups in total. The topological polar surface area (TPSA) is 52.7 Å². The molecule has 18 heavy (non-hydrogen) atoms. The molecule has 2 heterocycles. The minimum atomic E-state index is -0.0516. The minimum absolute atomic E-state index is 0. The van der Waals surface area contributed by atoms with E-state index in [0.717, 1.165) is 58.4 Å². The number of aliphatic hydroxyl groups is 1. The Balaban J connectivity index is 0.00000144. The molecular weight excluding hydrogens is 273 g/mol. The number of nitrogens with two attached hydrogens (primary N) is 1. The van der Waals surface area contributed by atoms with Crippen molar-refractivity contribution in [3.05, 3.63) is 0 Å². The Bertz CT molecular complexity index is 183. The van der Waals surface area contributed by atoms with Crippen molar-refractivity contribution in [2.24, 2.45) is 5.73 Å². The van der Waals surface area contributed by atoms with E-state index >= 15 is 0 Å². The van der Waals surface area contributed by atoms with Crippen molar-refractivity contribution in [2.45, 2.75) is 37.8 Å². The summed E-state index contributed by atoms with van der Waals surface area (Å²) in [6.07, 6.45) is 4.15. The van der Waals surface area contributed by atoms with Crippen molar-refractivity contribution >= 4 is 24.8 Å². The van der Waals surface area contributed by atoms with Gasteiger partial charge in [0.05, 0.1) is 6.10 Å². The summed E-state index contributed by atoms with van der Waals surface area (Å²) in [5.74, 6) is 0. The zero-order valence-corrected chi connectivity index (χ0v) is 12.6. The van der Waals surface area contributed by atoms with E-state index in [1.54, 1.807) is 0 Å². The van der Waals surface area contributed by atoms with Crippen LogP contribution in [0.15, 0.2) is 0 Å². The third kappa shape index (κ3) is 6.04. The van der Waals surface area contributed by atoms with Gasteiger partial charge in [-0.2, -0.15) is 0 Å². The predicted octanol–water partition coefficient (Wildman–Crippen LogP) is 0.710. The third-order valence-electron chi connectivity index (χ3n) is 3.92. The summed E-state index contributed by atoms with van der Waals surface area (Å²) >= 11 is 0. The largest absolute Gasteiger partial charge is 0.393 e. The summed E-state index contributed by atoms with van der Waals surface area (Å²) in [6, 6.07) is 0.432. The van der Waals surface area contributed by atoms with Crippen LogP contribution in [0, 0.1) is 0 Å². The Kier molecular flexibility index (Phi) is 9.56. The van der Waals surface area contributed by atoms with Crippen LogP contribution in [-0.4, -0.2) is 66.3 Å². The maximum Gasteiger partial charge on any atom is 0.0564 e. The van der Waals surface area contributed by atoms with Crippen molar-refractivity contribution in [3.63, 3.8) is 0 Å².